The van der Waals surface area contributed by atoms with Gasteiger partial charge in [-0.05, 0) is 30.5 Å². The fourth-order valence-electron chi connectivity index (χ4n) is 1.32. The third-order valence-electron chi connectivity index (χ3n) is 2.41. The molecule has 1 aromatic carbocycles. The van der Waals surface area contributed by atoms with Gasteiger partial charge in [0.15, 0.2) is 0 Å². The Balaban J connectivity index is 3.15. The van der Waals surface area contributed by atoms with Crippen molar-refractivity contribution in [3.8, 4) is 6.07 Å². The van der Waals surface area contributed by atoms with Gasteiger partial charge in [-0.1, -0.05) is 24.8 Å². The number of nitriles is 1. The molecule has 0 fully saturated rings. The van der Waals surface area contributed by atoms with E-state index in [1.807, 2.05) is 38.1 Å². The van der Waals surface area contributed by atoms with E-state index in [2.05, 4.69) is 6.58 Å². The van der Waals surface area contributed by atoms with Gasteiger partial charge in [-0.3, -0.25) is 0 Å². The fourth-order valence-corrected chi connectivity index (χ4v) is 1.32. The maximum absolute atomic E-state index is 9.77. The first-order chi connectivity index (χ1) is 6.57. The third-order valence-corrected chi connectivity index (χ3v) is 2.41. The van der Waals surface area contributed by atoms with Crippen molar-refractivity contribution in [2.24, 2.45) is 0 Å². The van der Waals surface area contributed by atoms with Gasteiger partial charge in [-0.25, -0.2) is 0 Å². The number of benzene rings is 1. The van der Waals surface area contributed by atoms with Crippen LogP contribution in [0, 0.1) is 25.2 Å². The summed E-state index contributed by atoms with van der Waals surface area (Å²) < 4.78 is 0. The average molecular weight is 187 g/mol. The van der Waals surface area contributed by atoms with Crippen LogP contribution in [-0.2, 0) is 0 Å². The van der Waals surface area contributed by atoms with Gasteiger partial charge in [0.25, 0.3) is 0 Å². The van der Waals surface area contributed by atoms with E-state index in [9.17, 15) is 5.11 Å². The standard InChI is InChI=1S/C12H13NO/c1-8-5-4-6-11(10(8)3)12(14)9(2)7-13/h4-6,12,14H,2H2,1,3H3. The summed E-state index contributed by atoms with van der Waals surface area (Å²) in [4.78, 5) is 0. The second-order valence-electron chi connectivity index (χ2n) is 3.33. The van der Waals surface area contributed by atoms with Crippen LogP contribution < -0.4 is 0 Å². The van der Waals surface area contributed by atoms with Gasteiger partial charge in [-0.2, -0.15) is 5.26 Å². The number of aryl methyl sites for hydroxylation is 1. The molecule has 1 rings (SSSR count). The Kier molecular flexibility index (Phi) is 3.06. The van der Waals surface area contributed by atoms with Crippen molar-refractivity contribution in [3.05, 3.63) is 47.0 Å². The fraction of sp³-hybridized carbons (Fsp3) is 0.250. The zero-order chi connectivity index (χ0) is 10.7. The largest absolute Gasteiger partial charge is 0.383 e. The number of aliphatic hydroxyl groups excluding tert-OH is 1. The Hall–Kier alpha value is -1.59. The van der Waals surface area contributed by atoms with Crippen molar-refractivity contribution in [1.29, 1.82) is 5.26 Å². The van der Waals surface area contributed by atoms with Crippen molar-refractivity contribution in [3.63, 3.8) is 0 Å². The van der Waals surface area contributed by atoms with Gasteiger partial charge in [0.1, 0.15) is 6.10 Å². The highest BCUT2D eigenvalue weighted by Crippen LogP contribution is 2.24. The highest BCUT2D eigenvalue weighted by Gasteiger charge is 2.13. The minimum Gasteiger partial charge on any atom is -0.383 e. The molecule has 1 atom stereocenters. The second-order valence-corrected chi connectivity index (χ2v) is 3.33. The molecule has 0 aliphatic heterocycles. The molecule has 0 spiro atoms. The van der Waals surface area contributed by atoms with Gasteiger partial charge < -0.3 is 5.11 Å². The van der Waals surface area contributed by atoms with Gasteiger partial charge in [0, 0.05) is 0 Å². The van der Waals surface area contributed by atoms with Crippen LogP contribution in [0.4, 0.5) is 0 Å². The minimum atomic E-state index is -0.875. The Morgan fingerprint density at radius 3 is 2.71 bits per heavy atom. The molecule has 1 unspecified atom stereocenters. The van der Waals surface area contributed by atoms with Crippen LogP contribution in [0.3, 0.4) is 0 Å². The maximum atomic E-state index is 9.77. The minimum absolute atomic E-state index is 0.179. The van der Waals surface area contributed by atoms with E-state index < -0.39 is 6.10 Å². The highest BCUT2D eigenvalue weighted by molar-refractivity contribution is 5.40. The number of hydrogen-bond acceptors (Lipinski definition) is 2. The van der Waals surface area contributed by atoms with Crippen LogP contribution in [0.1, 0.15) is 22.8 Å². The first-order valence-electron chi connectivity index (χ1n) is 4.41. The van der Waals surface area contributed by atoms with Crippen molar-refractivity contribution in [1.82, 2.24) is 0 Å². The molecule has 0 aliphatic rings. The SMILES string of the molecule is C=C(C#N)C(O)c1cccc(C)c1C. The molecule has 0 bridgehead atoms. The number of rotatable bonds is 2. The summed E-state index contributed by atoms with van der Waals surface area (Å²) in [6.07, 6.45) is -0.875. The van der Waals surface area contributed by atoms with Gasteiger partial charge >= 0.3 is 0 Å². The molecule has 2 heteroatoms. The predicted molar refractivity (Wildman–Crippen MR) is 55.6 cm³/mol. The smallest absolute Gasteiger partial charge is 0.114 e. The predicted octanol–water partition coefficient (Wildman–Crippen LogP) is 2.42. The van der Waals surface area contributed by atoms with Crippen molar-refractivity contribution in [2.75, 3.05) is 0 Å². The van der Waals surface area contributed by atoms with Crippen LogP contribution >= 0.6 is 0 Å². The molecular formula is C12H13NO. The van der Waals surface area contributed by atoms with Crippen LogP contribution in [0.2, 0.25) is 0 Å². The first-order valence-corrected chi connectivity index (χ1v) is 4.41. The molecule has 0 saturated heterocycles. The van der Waals surface area contributed by atoms with E-state index in [0.29, 0.717) is 0 Å². The van der Waals surface area contributed by atoms with Gasteiger partial charge in [0.05, 0.1) is 11.6 Å². The topological polar surface area (TPSA) is 44.0 Å². The number of nitrogens with zero attached hydrogens (tertiary/aromatic N) is 1. The molecule has 0 saturated carbocycles. The molecule has 72 valence electrons. The molecule has 0 aliphatic carbocycles. The Morgan fingerprint density at radius 1 is 1.50 bits per heavy atom. The van der Waals surface area contributed by atoms with E-state index >= 15 is 0 Å². The van der Waals surface area contributed by atoms with E-state index in [1.165, 1.54) is 0 Å². The summed E-state index contributed by atoms with van der Waals surface area (Å²) in [7, 11) is 0. The first kappa shape index (κ1) is 10.5. The molecule has 1 aromatic rings. The van der Waals surface area contributed by atoms with Crippen LogP contribution in [0.25, 0.3) is 0 Å². The van der Waals surface area contributed by atoms with Crippen LogP contribution in [-0.4, -0.2) is 5.11 Å². The lowest BCUT2D eigenvalue weighted by atomic mass is 9.96. The summed E-state index contributed by atoms with van der Waals surface area (Å²) in [5.41, 5.74) is 3.05. The second kappa shape index (κ2) is 4.08. The van der Waals surface area contributed by atoms with E-state index in [1.54, 1.807) is 0 Å². The molecule has 0 aromatic heterocycles. The lowest BCUT2D eigenvalue weighted by molar-refractivity contribution is 0.220. The van der Waals surface area contributed by atoms with E-state index in [4.69, 9.17) is 5.26 Å². The molecule has 0 radical (unpaired) electrons. The highest BCUT2D eigenvalue weighted by atomic mass is 16.3. The summed E-state index contributed by atoms with van der Waals surface area (Å²) in [6.45, 7) is 7.41. The van der Waals surface area contributed by atoms with Crippen LogP contribution in [0.15, 0.2) is 30.4 Å². The van der Waals surface area contributed by atoms with Crippen molar-refractivity contribution >= 4 is 0 Å². The van der Waals surface area contributed by atoms with Crippen LogP contribution in [0.5, 0.6) is 0 Å². The summed E-state index contributed by atoms with van der Waals surface area (Å²) in [5.74, 6) is 0. The summed E-state index contributed by atoms with van der Waals surface area (Å²) in [6, 6.07) is 7.52. The molecule has 0 amide bonds. The van der Waals surface area contributed by atoms with E-state index in [0.717, 1.165) is 16.7 Å². The Bertz CT molecular complexity index is 401. The Labute approximate surface area is 84.1 Å². The molecule has 14 heavy (non-hydrogen) atoms. The zero-order valence-corrected chi connectivity index (χ0v) is 8.41. The summed E-state index contributed by atoms with van der Waals surface area (Å²) in [5, 5.41) is 18.4. The maximum Gasteiger partial charge on any atom is 0.114 e. The zero-order valence-electron chi connectivity index (χ0n) is 8.41. The van der Waals surface area contributed by atoms with Gasteiger partial charge in [0.2, 0.25) is 0 Å². The molecular weight excluding hydrogens is 174 g/mol. The average Bonchev–Trinajstić information content (AvgIpc) is 2.20. The monoisotopic (exact) mass is 187 g/mol. The summed E-state index contributed by atoms with van der Waals surface area (Å²) >= 11 is 0. The van der Waals surface area contributed by atoms with E-state index in [-0.39, 0.29) is 5.57 Å². The van der Waals surface area contributed by atoms with Crippen molar-refractivity contribution in [2.45, 2.75) is 20.0 Å². The third kappa shape index (κ3) is 1.84. The number of hydrogen-bond donors (Lipinski definition) is 1. The molecule has 2 nitrogen and oxygen atoms in total. The Morgan fingerprint density at radius 2 is 2.14 bits per heavy atom. The molecule has 1 N–H and O–H groups in total. The molecule has 0 heterocycles. The quantitative estimate of drug-likeness (QED) is 0.722. The lowest BCUT2D eigenvalue weighted by Gasteiger charge is -2.13. The normalized spacial score (nSPS) is 11.9. The van der Waals surface area contributed by atoms with Crippen molar-refractivity contribution < 1.29 is 5.11 Å². The van der Waals surface area contributed by atoms with Gasteiger partial charge in [-0.15, -0.1) is 0 Å². The lowest BCUT2D eigenvalue weighted by Crippen LogP contribution is -2.02. The number of aliphatic hydroxyl groups is 1.